The van der Waals surface area contributed by atoms with Gasteiger partial charge in [-0.05, 0) is 37.0 Å². The number of anilines is 2. The van der Waals surface area contributed by atoms with Gasteiger partial charge in [-0.15, -0.1) is 0 Å². The second-order valence-corrected chi connectivity index (χ2v) is 9.05. The lowest BCUT2D eigenvalue weighted by Crippen LogP contribution is -2.45. The number of sulfonamides is 1. The highest BCUT2D eigenvalue weighted by molar-refractivity contribution is 7.92. The monoisotopic (exact) mass is 419 g/mol. The molecule has 0 saturated heterocycles. The molecule has 0 aliphatic carbocycles. The molecule has 0 bridgehead atoms. The highest BCUT2D eigenvalue weighted by Gasteiger charge is 2.31. The van der Waals surface area contributed by atoms with Crippen LogP contribution in [-0.4, -0.2) is 31.5 Å². The Hall–Kier alpha value is -2.94. The maximum Gasteiger partial charge on any atom is 0.271 e. The Balaban J connectivity index is 2.46. The van der Waals surface area contributed by atoms with E-state index >= 15 is 0 Å². The van der Waals surface area contributed by atoms with E-state index in [1.54, 1.807) is 19.1 Å². The molecule has 8 nitrogen and oxygen atoms in total. The average molecular weight is 420 g/mol. The van der Waals surface area contributed by atoms with Crippen LogP contribution in [0.2, 0.25) is 0 Å². The number of carbonyl (C=O) groups excluding carboxylic acids is 1. The van der Waals surface area contributed by atoms with Crippen molar-refractivity contribution in [2.24, 2.45) is 0 Å². The molecule has 0 heterocycles. The SMILES string of the molecule is Cc1ccc([N+](=O)[O-])cc1N(C(C)C(=O)Nc1ccccc1C(C)C)S(C)(=O)=O. The van der Waals surface area contributed by atoms with Crippen molar-refractivity contribution in [2.45, 2.75) is 39.7 Å². The van der Waals surface area contributed by atoms with Gasteiger partial charge in [0.15, 0.2) is 0 Å². The van der Waals surface area contributed by atoms with E-state index in [1.807, 2.05) is 26.0 Å². The van der Waals surface area contributed by atoms with E-state index in [4.69, 9.17) is 0 Å². The summed E-state index contributed by atoms with van der Waals surface area (Å²) in [6.07, 6.45) is 0.969. The first kappa shape index (κ1) is 22.4. The van der Waals surface area contributed by atoms with E-state index in [0.29, 0.717) is 11.3 Å². The smallest absolute Gasteiger partial charge is 0.271 e. The number of nitrogens with one attached hydrogen (secondary N) is 1. The molecule has 2 rings (SSSR count). The molecule has 0 fully saturated rings. The first-order valence-electron chi connectivity index (χ1n) is 9.07. The zero-order chi connectivity index (χ0) is 21.9. The zero-order valence-corrected chi connectivity index (χ0v) is 17.9. The van der Waals surface area contributed by atoms with Crippen LogP contribution < -0.4 is 9.62 Å². The first-order chi connectivity index (χ1) is 13.4. The minimum Gasteiger partial charge on any atom is -0.324 e. The quantitative estimate of drug-likeness (QED) is 0.542. The van der Waals surface area contributed by atoms with Crippen LogP contribution in [0.1, 0.15) is 37.8 Å². The van der Waals surface area contributed by atoms with E-state index in [-0.39, 0.29) is 17.3 Å². The van der Waals surface area contributed by atoms with Gasteiger partial charge in [0.1, 0.15) is 6.04 Å². The fourth-order valence-corrected chi connectivity index (χ4v) is 4.31. The molecule has 1 unspecified atom stereocenters. The number of nitro groups is 1. The molecule has 156 valence electrons. The molecule has 0 aliphatic heterocycles. The number of hydrogen-bond donors (Lipinski definition) is 1. The van der Waals surface area contributed by atoms with Gasteiger partial charge >= 0.3 is 0 Å². The lowest BCUT2D eigenvalue weighted by atomic mass is 10.0. The van der Waals surface area contributed by atoms with E-state index in [2.05, 4.69) is 5.32 Å². The Morgan fingerprint density at radius 3 is 2.31 bits per heavy atom. The standard InChI is InChI=1S/C20H25N3O5S/c1-13(2)17-8-6-7-9-18(17)21-20(24)15(4)22(29(5,27)28)19-12-16(23(25)26)11-10-14(19)3/h6-13,15H,1-5H3,(H,21,24). The van der Waals surface area contributed by atoms with E-state index in [0.717, 1.165) is 16.1 Å². The van der Waals surface area contributed by atoms with Crippen molar-refractivity contribution in [3.63, 3.8) is 0 Å². The lowest BCUT2D eigenvalue weighted by Gasteiger charge is -2.29. The molecule has 1 atom stereocenters. The fourth-order valence-electron chi connectivity index (χ4n) is 3.08. The van der Waals surface area contributed by atoms with E-state index < -0.39 is 26.9 Å². The number of hydrogen-bond acceptors (Lipinski definition) is 5. The third-order valence-corrected chi connectivity index (χ3v) is 5.80. The van der Waals surface area contributed by atoms with Crippen LogP contribution in [0.25, 0.3) is 0 Å². The normalized spacial score (nSPS) is 12.5. The van der Waals surface area contributed by atoms with Crippen molar-refractivity contribution in [1.82, 2.24) is 0 Å². The number of aryl methyl sites for hydroxylation is 1. The molecule has 29 heavy (non-hydrogen) atoms. The summed E-state index contributed by atoms with van der Waals surface area (Å²) in [6, 6.07) is 10.1. The van der Waals surface area contributed by atoms with Crippen LogP contribution in [0.4, 0.5) is 17.1 Å². The molecule has 0 radical (unpaired) electrons. The maximum atomic E-state index is 12.9. The predicted octanol–water partition coefficient (Wildman–Crippen LogP) is 3.82. The molecule has 2 aromatic carbocycles. The van der Waals surface area contributed by atoms with Gasteiger partial charge in [0.05, 0.1) is 16.9 Å². The Labute approximate surface area is 170 Å². The van der Waals surface area contributed by atoms with Crippen molar-refractivity contribution in [3.05, 3.63) is 63.7 Å². The molecule has 0 spiro atoms. The summed E-state index contributed by atoms with van der Waals surface area (Å²) in [4.78, 5) is 23.5. The van der Waals surface area contributed by atoms with E-state index in [1.165, 1.54) is 25.1 Å². The Kier molecular flexibility index (Phi) is 6.63. The van der Waals surface area contributed by atoms with Crippen LogP contribution in [-0.2, 0) is 14.8 Å². The van der Waals surface area contributed by atoms with Gasteiger partial charge in [-0.2, -0.15) is 0 Å². The topological polar surface area (TPSA) is 110 Å². The molecule has 1 N–H and O–H groups in total. The highest BCUT2D eigenvalue weighted by atomic mass is 32.2. The summed E-state index contributed by atoms with van der Waals surface area (Å²) in [5.74, 6) is -0.374. The van der Waals surface area contributed by atoms with Gasteiger partial charge in [-0.1, -0.05) is 38.1 Å². The number of para-hydroxylation sites is 1. The second-order valence-electron chi connectivity index (χ2n) is 7.19. The van der Waals surface area contributed by atoms with Gasteiger partial charge in [-0.3, -0.25) is 19.2 Å². The summed E-state index contributed by atoms with van der Waals surface area (Å²) in [5, 5.41) is 13.9. The summed E-state index contributed by atoms with van der Waals surface area (Å²) >= 11 is 0. The van der Waals surface area contributed by atoms with Crippen LogP contribution in [0.5, 0.6) is 0 Å². The Morgan fingerprint density at radius 1 is 1.14 bits per heavy atom. The molecular weight excluding hydrogens is 394 g/mol. The van der Waals surface area contributed by atoms with Gasteiger partial charge in [0.25, 0.3) is 5.69 Å². The average Bonchev–Trinajstić information content (AvgIpc) is 2.62. The molecule has 0 aromatic heterocycles. The van der Waals surface area contributed by atoms with Gasteiger partial charge in [0.2, 0.25) is 15.9 Å². The van der Waals surface area contributed by atoms with Crippen LogP contribution in [0.3, 0.4) is 0 Å². The second kappa shape index (κ2) is 8.60. The third-order valence-electron chi connectivity index (χ3n) is 4.57. The number of carbonyl (C=O) groups is 1. The number of nitrogens with zero attached hydrogens (tertiary/aromatic N) is 2. The number of non-ortho nitro benzene ring substituents is 1. The number of nitro benzene ring substituents is 1. The Morgan fingerprint density at radius 2 is 1.76 bits per heavy atom. The van der Waals surface area contributed by atoms with Crippen molar-refractivity contribution < 1.29 is 18.1 Å². The lowest BCUT2D eigenvalue weighted by molar-refractivity contribution is -0.384. The minimum atomic E-state index is -3.90. The van der Waals surface area contributed by atoms with Crippen molar-refractivity contribution in [1.29, 1.82) is 0 Å². The largest absolute Gasteiger partial charge is 0.324 e. The zero-order valence-electron chi connectivity index (χ0n) is 17.0. The van der Waals surface area contributed by atoms with Gasteiger partial charge < -0.3 is 5.32 Å². The summed E-state index contributed by atoms with van der Waals surface area (Å²) in [5.41, 5.74) is 1.87. The van der Waals surface area contributed by atoms with Crippen molar-refractivity contribution in [3.8, 4) is 0 Å². The van der Waals surface area contributed by atoms with Crippen molar-refractivity contribution >= 4 is 33.0 Å². The van der Waals surface area contributed by atoms with Crippen LogP contribution >= 0.6 is 0 Å². The maximum absolute atomic E-state index is 12.9. The summed E-state index contributed by atoms with van der Waals surface area (Å²) in [6.45, 7) is 7.07. The van der Waals surface area contributed by atoms with Gasteiger partial charge in [-0.25, -0.2) is 8.42 Å². The highest BCUT2D eigenvalue weighted by Crippen LogP contribution is 2.30. The van der Waals surface area contributed by atoms with Crippen molar-refractivity contribution in [2.75, 3.05) is 15.9 Å². The first-order valence-corrected chi connectivity index (χ1v) is 10.9. The molecule has 0 aliphatic rings. The predicted molar refractivity (Wildman–Crippen MR) is 114 cm³/mol. The molecule has 2 aromatic rings. The van der Waals surface area contributed by atoms with E-state index in [9.17, 15) is 23.3 Å². The molecule has 1 amide bonds. The number of rotatable bonds is 7. The minimum absolute atomic E-state index is 0.0986. The van der Waals surface area contributed by atoms with Gasteiger partial charge in [0, 0.05) is 17.8 Å². The molecule has 9 heteroatoms. The molecule has 0 saturated carbocycles. The Bertz CT molecular complexity index is 1030. The molecular formula is C20H25N3O5S. The third kappa shape index (κ3) is 5.11. The fraction of sp³-hybridized carbons (Fsp3) is 0.350. The van der Waals surface area contributed by atoms with Crippen LogP contribution in [0.15, 0.2) is 42.5 Å². The summed E-state index contributed by atoms with van der Waals surface area (Å²) in [7, 11) is -3.90. The number of amides is 1. The van der Waals surface area contributed by atoms with Crippen LogP contribution in [0, 0.1) is 17.0 Å². The summed E-state index contributed by atoms with van der Waals surface area (Å²) < 4.78 is 25.9. The number of benzene rings is 2.